The third-order valence-electron chi connectivity index (χ3n) is 2.81. The molecular formula is C14H22N2O3S2. The molecule has 0 aromatic heterocycles. The van der Waals surface area contributed by atoms with E-state index < -0.39 is 10.0 Å². The Kier molecular flexibility index (Phi) is 6.70. The second-order valence-electron chi connectivity index (χ2n) is 4.87. The first-order valence-corrected chi connectivity index (χ1v) is 9.29. The lowest BCUT2D eigenvalue weighted by Gasteiger charge is -2.15. The van der Waals surface area contributed by atoms with E-state index in [1.165, 1.54) is 20.2 Å². The summed E-state index contributed by atoms with van der Waals surface area (Å²) in [6.07, 6.45) is 1.02. The Hall–Kier alpha value is -1.05. The molecule has 1 N–H and O–H groups in total. The number of sulfonamides is 1. The van der Waals surface area contributed by atoms with Crippen LogP contribution in [-0.2, 0) is 14.8 Å². The number of aryl methyl sites for hydroxylation is 1. The van der Waals surface area contributed by atoms with Crippen molar-refractivity contribution in [3.8, 4) is 0 Å². The number of thioether (sulfide) groups is 1. The molecular weight excluding hydrogens is 308 g/mol. The lowest BCUT2D eigenvalue weighted by molar-refractivity contribution is -0.113. The summed E-state index contributed by atoms with van der Waals surface area (Å²) in [6.45, 7) is 3.79. The Morgan fingerprint density at radius 1 is 1.33 bits per heavy atom. The van der Waals surface area contributed by atoms with Crippen molar-refractivity contribution < 1.29 is 13.2 Å². The fraction of sp³-hybridized carbons (Fsp3) is 0.500. The molecule has 1 aromatic rings. The summed E-state index contributed by atoms with van der Waals surface area (Å²) in [5.74, 6) is 1.18. The number of nitrogens with zero attached hydrogens (tertiary/aromatic N) is 1. The summed E-state index contributed by atoms with van der Waals surface area (Å²) in [5.41, 5.74) is 1.16. The van der Waals surface area contributed by atoms with Crippen LogP contribution < -0.4 is 5.32 Å². The van der Waals surface area contributed by atoms with E-state index in [0.29, 0.717) is 17.0 Å². The van der Waals surface area contributed by atoms with Crippen LogP contribution >= 0.6 is 11.8 Å². The van der Waals surface area contributed by atoms with Crippen molar-refractivity contribution >= 4 is 33.4 Å². The number of anilines is 1. The molecule has 1 amide bonds. The maximum Gasteiger partial charge on any atom is 0.242 e. The Morgan fingerprint density at radius 3 is 2.57 bits per heavy atom. The van der Waals surface area contributed by atoms with Gasteiger partial charge in [0.2, 0.25) is 15.9 Å². The van der Waals surface area contributed by atoms with Crippen molar-refractivity contribution in [2.75, 3.05) is 30.9 Å². The Labute approximate surface area is 131 Å². The van der Waals surface area contributed by atoms with Crippen LogP contribution in [0.5, 0.6) is 0 Å². The number of nitrogens with one attached hydrogen (secondary N) is 1. The Bertz CT molecular complexity index is 598. The highest BCUT2D eigenvalue weighted by Crippen LogP contribution is 2.22. The molecule has 0 spiro atoms. The summed E-state index contributed by atoms with van der Waals surface area (Å²) < 4.78 is 25.6. The van der Waals surface area contributed by atoms with E-state index in [4.69, 9.17) is 0 Å². The summed E-state index contributed by atoms with van der Waals surface area (Å²) in [4.78, 5) is 12.0. The molecule has 21 heavy (non-hydrogen) atoms. The van der Waals surface area contributed by atoms with Crippen LogP contribution in [0.1, 0.15) is 18.9 Å². The highest BCUT2D eigenvalue weighted by Gasteiger charge is 2.20. The third-order valence-corrected chi connectivity index (χ3v) is 5.93. The quantitative estimate of drug-likeness (QED) is 0.779. The molecule has 0 atom stereocenters. The van der Waals surface area contributed by atoms with Crippen molar-refractivity contribution in [2.24, 2.45) is 0 Å². The van der Waals surface area contributed by atoms with Crippen LogP contribution in [0.15, 0.2) is 23.1 Å². The first kappa shape index (κ1) is 18.0. The van der Waals surface area contributed by atoms with Crippen molar-refractivity contribution in [1.29, 1.82) is 0 Å². The van der Waals surface area contributed by atoms with Gasteiger partial charge in [-0.25, -0.2) is 12.7 Å². The van der Waals surface area contributed by atoms with E-state index in [0.717, 1.165) is 16.5 Å². The van der Waals surface area contributed by atoms with Crippen LogP contribution in [0.4, 0.5) is 5.69 Å². The summed E-state index contributed by atoms with van der Waals surface area (Å²) in [6, 6.07) is 4.92. The first-order valence-electron chi connectivity index (χ1n) is 6.69. The SMILES string of the molecule is CCCSCC(=O)Nc1ccc(C)c(S(=O)(=O)N(C)C)c1. The zero-order chi connectivity index (χ0) is 16.0. The molecule has 0 bridgehead atoms. The van der Waals surface area contributed by atoms with Gasteiger partial charge in [0.1, 0.15) is 0 Å². The highest BCUT2D eigenvalue weighted by molar-refractivity contribution is 7.99. The van der Waals surface area contributed by atoms with Gasteiger partial charge in [-0.05, 0) is 36.8 Å². The van der Waals surface area contributed by atoms with Gasteiger partial charge in [-0.1, -0.05) is 13.0 Å². The van der Waals surface area contributed by atoms with Crippen molar-refractivity contribution in [3.05, 3.63) is 23.8 Å². The minimum Gasteiger partial charge on any atom is -0.325 e. The standard InChI is InChI=1S/C14H22N2O3S2/c1-5-8-20-10-14(17)15-12-7-6-11(2)13(9-12)21(18,19)16(3)4/h6-7,9H,5,8,10H2,1-4H3,(H,15,17). The normalized spacial score (nSPS) is 11.7. The van der Waals surface area contributed by atoms with Gasteiger partial charge in [0.15, 0.2) is 0 Å². The van der Waals surface area contributed by atoms with E-state index in [-0.39, 0.29) is 10.8 Å². The average Bonchev–Trinajstić information content (AvgIpc) is 2.41. The summed E-state index contributed by atoms with van der Waals surface area (Å²) >= 11 is 1.56. The third kappa shape index (κ3) is 5.01. The van der Waals surface area contributed by atoms with Crippen molar-refractivity contribution in [1.82, 2.24) is 4.31 Å². The van der Waals surface area contributed by atoms with Gasteiger partial charge in [-0.15, -0.1) is 0 Å². The molecule has 1 rings (SSSR count). The zero-order valence-electron chi connectivity index (χ0n) is 12.8. The van der Waals surface area contributed by atoms with Gasteiger partial charge in [0.05, 0.1) is 10.6 Å². The largest absolute Gasteiger partial charge is 0.325 e. The second-order valence-corrected chi connectivity index (χ2v) is 8.09. The monoisotopic (exact) mass is 330 g/mol. The van der Waals surface area contributed by atoms with Crippen LogP contribution in [0, 0.1) is 6.92 Å². The smallest absolute Gasteiger partial charge is 0.242 e. The fourth-order valence-electron chi connectivity index (χ4n) is 1.66. The van der Waals surface area contributed by atoms with E-state index in [1.807, 2.05) is 0 Å². The second kappa shape index (κ2) is 7.82. The number of rotatable bonds is 7. The lowest BCUT2D eigenvalue weighted by atomic mass is 10.2. The van der Waals surface area contributed by atoms with E-state index in [9.17, 15) is 13.2 Å². The predicted molar refractivity (Wildman–Crippen MR) is 88.3 cm³/mol. The Balaban J connectivity index is 2.90. The average molecular weight is 330 g/mol. The van der Waals surface area contributed by atoms with E-state index in [1.54, 1.807) is 30.8 Å². The van der Waals surface area contributed by atoms with Gasteiger partial charge in [0, 0.05) is 19.8 Å². The molecule has 0 aliphatic carbocycles. The summed E-state index contributed by atoms with van der Waals surface area (Å²) in [7, 11) is -0.535. The maximum absolute atomic E-state index is 12.2. The number of benzene rings is 1. The van der Waals surface area contributed by atoms with Crippen molar-refractivity contribution in [3.63, 3.8) is 0 Å². The van der Waals surface area contributed by atoms with Gasteiger partial charge in [-0.2, -0.15) is 11.8 Å². The molecule has 0 fully saturated rings. The zero-order valence-corrected chi connectivity index (χ0v) is 14.5. The molecule has 0 aliphatic rings. The number of amides is 1. The molecule has 0 heterocycles. The molecule has 0 saturated carbocycles. The van der Waals surface area contributed by atoms with E-state index >= 15 is 0 Å². The minimum atomic E-state index is -3.51. The van der Waals surface area contributed by atoms with Gasteiger partial charge >= 0.3 is 0 Å². The predicted octanol–water partition coefficient (Wildman–Crippen LogP) is 2.33. The molecule has 0 radical (unpaired) electrons. The summed E-state index contributed by atoms with van der Waals surface area (Å²) in [5, 5.41) is 2.74. The number of carbonyl (C=O) groups excluding carboxylic acids is 1. The van der Waals surface area contributed by atoms with Crippen LogP contribution in [-0.4, -0.2) is 44.2 Å². The molecule has 0 unspecified atom stereocenters. The topological polar surface area (TPSA) is 66.5 Å². The van der Waals surface area contributed by atoms with Crippen LogP contribution in [0.25, 0.3) is 0 Å². The van der Waals surface area contributed by atoms with Gasteiger partial charge in [-0.3, -0.25) is 4.79 Å². The van der Waals surface area contributed by atoms with Crippen molar-refractivity contribution in [2.45, 2.75) is 25.2 Å². The highest BCUT2D eigenvalue weighted by atomic mass is 32.2. The molecule has 118 valence electrons. The molecule has 0 saturated heterocycles. The van der Waals surface area contributed by atoms with E-state index in [2.05, 4.69) is 12.2 Å². The molecule has 1 aromatic carbocycles. The molecule has 7 heteroatoms. The van der Waals surface area contributed by atoms with Crippen LogP contribution in [0.2, 0.25) is 0 Å². The molecule has 0 aliphatic heterocycles. The number of hydrogen-bond acceptors (Lipinski definition) is 4. The maximum atomic E-state index is 12.2. The Morgan fingerprint density at radius 2 is 2.00 bits per heavy atom. The number of hydrogen-bond donors (Lipinski definition) is 1. The van der Waals surface area contributed by atoms with Gasteiger partial charge in [0.25, 0.3) is 0 Å². The van der Waals surface area contributed by atoms with Gasteiger partial charge < -0.3 is 5.32 Å². The molecule has 5 nitrogen and oxygen atoms in total. The fourth-order valence-corrected chi connectivity index (χ4v) is 3.49. The van der Waals surface area contributed by atoms with Crippen LogP contribution in [0.3, 0.4) is 0 Å². The minimum absolute atomic E-state index is 0.120. The lowest BCUT2D eigenvalue weighted by Crippen LogP contribution is -2.23. The number of carbonyl (C=O) groups is 1. The first-order chi connectivity index (χ1) is 9.78.